The van der Waals surface area contributed by atoms with Crippen molar-refractivity contribution in [3.63, 3.8) is 0 Å². The molecule has 2 aromatic rings. The number of pyridine rings is 1. The Morgan fingerprint density at radius 2 is 1.95 bits per heavy atom. The Kier molecular flexibility index (Phi) is 4.20. The van der Waals surface area contributed by atoms with Gasteiger partial charge < -0.3 is 15.0 Å². The van der Waals surface area contributed by atoms with E-state index >= 15 is 0 Å². The number of aromatic amines is 1. The second-order valence-electron chi connectivity index (χ2n) is 4.56. The topological polar surface area (TPSA) is 71.2 Å². The summed E-state index contributed by atoms with van der Waals surface area (Å²) in [5.74, 6) is 0.307. The van der Waals surface area contributed by atoms with Gasteiger partial charge in [0.25, 0.3) is 5.91 Å². The van der Waals surface area contributed by atoms with Gasteiger partial charge in [-0.05, 0) is 32.0 Å². The van der Waals surface area contributed by atoms with Gasteiger partial charge in [-0.2, -0.15) is 0 Å². The molecule has 0 aliphatic rings. The van der Waals surface area contributed by atoms with Crippen LogP contribution in [-0.2, 0) is 0 Å². The largest absolute Gasteiger partial charge is 0.489 e. The van der Waals surface area contributed by atoms with Gasteiger partial charge in [0, 0.05) is 12.3 Å². The molecule has 0 saturated heterocycles. The van der Waals surface area contributed by atoms with Gasteiger partial charge >= 0.3 is 0 Å². The molecule has 0 aliphatic heterocycles. The minimum absolute atomic E-state index is 0.0149. The summed E-state index contributed by atoms with van der Waals surface area (Å²) in [6.07, 6.45) is 1.39. The van der Waals surface area contributed by atoms with Gasteiger partial charge in [-0.1, -0.05) is 12.1 Å². The van der Waals surface area contributed by atoms with E-state index in [9.17, 15) is 9.59 Å². The van der Waals surface area contributed by atoms with Gasteiger partial charge in [0.15, 0.2) is 0 Å². The van der Waals surface area contributed by atoms with E-state index in [1.165, 1.54) is 18.3 Å². The zero-order chi connectivity index (χ0) is 14.5. The first-order valence-electron chi connectivity index (χ1n) is 6.32. The number of nitrogens with one attached hydrogen (secondary N) is 2. The molecule has 1 amide bonds. The Labute approximate surface area is 116 Å². The fourth-order valence-corrected chi connectivity index (χ4v) is 1.67. The van der Waals surface area contributed by atoms with Crippen molar-refractivity contribution >= 4 is 11.6 Å². The van der Waals surface area contributed by atoms with Crippen molar-refractivity contribution in [1.82, 2.24) is 4.98 Å². The van der Waals surface area contributed by atoms with Crippen molar-refractivity contribution in [3.8, 4) is 5.75 Å². The highest BCUT2D eigenvalue weighted by Gasteiger charge is 2.10. The third kappa shape index (κ3) is 3.47. The van der Waals surface area contributed by atoms with E-state index < -0.39 is 0 Å². The lowest BCUT2D eigenvalue weighted by atomic mass is 10.2. The monoisotopic (exact) mass is 272 g/mol. The Balaban J connectivity index is 2.19. The number of hydrogen-bond acceptors (Lipinski definition) is 3. The van der Waals surface area contributed by atoms with Crippen LogP contribution >= 0.6 is 0 Å². The van der Waals surface area contributed by atoms with Gasteiger partial charge in [0.2, 0.25) is 5.56 Å². The van der Waals surface area contributed by atoms with Crippen molar-refractivity contribution in [1.29, 1.82) is 0 Å². The maximum Gasteiger partial charge on any atom is 0.257 e. The molecule has 0 aliphatic carbocycles. The lowest BCUT2D eigenvalue weighted by Crippen LogP contribution is -2.16. The lowest BCUT2D eigenvalue weighted by Gasteiger charge is -2.14. The molecule has 0 saturated carbocycles. The van der Waals surface area contributed by atoms with E-state index in [1.807, 2.05) is 26.0 Å². The first-order chi connectivity index (χ1) is 9.56. The summed E-state index contributed by atoms with van der Waals surface area (Å²) >= 11 is 0. The highest BCUT2D eigenvalue weighted by atomic mass is 16.5. The van der Waals surface area contributed by atoms with E-state index in [0.29, 0.717) is 17.0 Å². The zero-order valence-electron chi connectivity index (χ0n) is 11.3. The Morgan fingerprint density at radius 3 is 2.60 bits per heavy atom. The van der Waals surface area contributed by atoms with Crippen LogP contribution in [0.2, 0.25) is 0 Å². The molecule has 5 heteroatoms. The van der Waals surface area contributed by atoms with Crippen LogP contribution < -0.4 is 15.6 Å². The second-order valence-corrected chi connectivity index (χ2v) is 4.56. The van der Waals surface area contributed by atoms with E-state index in [-0.39, 0.29) is 17.6 Å². The molecular formula is C15H16N2O3. The minimum atomic E-state index is -0.305. The number of carbonyl (C=O) groups is 1. The number of aromatic nitrogens is 1. The number of para-hydroxylation sites is 2. The fourth-order valence-electron chi connectivity index (χ4n) is 1.67. The van der Waals surface area contributed by atoms with Crippen LogP contribution in [0.15, 0.2) is 47.4 Å². The molecule has 1 aromatic carbocycles. The Bertz CT molecular complexity index is 642. The third-order valence-electron chi connectivity index (χ3n) is 2.54. The minimum Gasteiger partial charge on any atom is -0.489 e. The van der Waals surface area contributed by atoms with Crippen LogP contribution in [0.4, 0.5) is 5.69 Å². The number of anilines is 1. The van der Waals surface area contributed by atoms with Crippen molar-refractivity contribution in [2.75, 3.05) is 5.32 Å². The smallest absolute Gasteiger partial charge is 0.257 e. The van der Waals surface area contributed by atoms with Crippen LogP contribution in [0.1, 0.15) is 24.2 Å². The molecule has 0 fully saturated rings. The van der Waals surface area contributed by atoms with Crippen LogP contribution in [0.25, 0.3) is 0 Å². The number of rotatable bonds is 4. The van der Waals surface area contributed by atoms with Crippen LogP contribution in [0.5, 0.6) is 5.75 Å². The summed E-state index contributed by atoms with van der Waals surface area (Å²) in [4.78, 5) is 25.5. The number of amides is 1. The van der Waals surface area contributed by atoms with Crippen molar-refractivity contribution < 1.29 is 9.53 Å². The van der Waals surface area contributed by atoms with E-state index in [0.717, 1.165) is 0 Å². The molecule has 0 unspecified atom stereocenters. The van der Waals surface area contributed by atoms with Crippen molar-refractivity contribution in [2.24, 2.45) is 0 Å². The number of hydrogen-bond donors (Lipinski definition) is 2. The summed E-state index contributed by atoms with van der Waals surface area (Å²) in [6, 6.07) is 10.00. The van der Waals surface area contributed by atoms with Gasteiger partial charge in [0.05, 0.1) is 17.4 Å². The molecule has 104 valence electrons. The van der Waals surface area contributed by atoms with Gasteiger partial charge in [0.1, 0.15) is 5.75 Å². The average molecular weight is 272 g/mol. The second kappa shape index (κ2) is 6.06. The summed E-state index contributed by atoms with van der Waals surface area (Å²) in [5, 5.41) is 2.77. The molecule has 1 heterocycles. The van der Waals surface area contributed by atoms with E-state index in [1.54, 1.807) is 12.1 Å². The quantitative estimate of drug-likeness (QED) is 0.897. The number of benzene rings is 1. The number of H-pyrrole nitrogens is 1. The fraction of sp³-hybridized carbons (Fsp3) is 0.200. The zero-order valence-corrected chi connectivity index (χ0v) is 11.3. The Morgan fingerprint density at radius 1 is 1.20 bits per heavy atom. The van der Waals surface area contributed by atoms with Crippen molar-refractivity contribution in [2.45, 2.75) is 20.0 Å². The molecular weight excluding hydrogens is 256 g/mol. The van der Waals surface area contributed by atoms with Crippen LogP contribution in [0.3, 0.4) is 0 Å². The molecule has 0 spiro atoms. The summed E-state index contributed by atoms with van der Waals surface area (Å²) in [5.41, 5.74) is 0.728. The number of ether oxygens (including phenoxy) is 1. The van der Waals surface area contributed by atoms with Crippen molar-refractivity contribution in [3.05, 3.63) is 58.5 Å². The average Bonchev–Trinajstić information content (AvgIpc) is 2.41. The molecule has 0 radical (unpaired) electrons. The molecule has 20 heavy (non-hydrogen) atoms. The molecule has 5 nitrogen and oxygen atoms in total. The first kappa shape index (κ1) is 13.9. The highest BCUT2D eigenvalue weighted by Crippen LogP contribution is 2.25. The number of carbonyl (C=O) groups excluding carboxylic acids is 1. The SMILES string of the molecule is CC(C)Oc1ccccc1NC(=O)c1ccc(=O)[nH]c1. The molecule has 0 bridgehead atoms. The predicted octanol–water partition coefficient (Wildman–Crippen LogP) is 2.41. The maximum absolute atomic E-state index is 12.1. The standard InChI is InChI=1S/C15H16N2O3/c1-10(2)20-13-6-4-3-5-12(13)17-15(19)11-7-8-14(18)16-9-11/h3-10H,1-2H3,(H,16,18)(H,17,19). The van der Waals surface area contributed by atoms with E-state index in [4.69, 9.17) is 4.74 Å². The highest BCUT2D eigenvalue weighted by molar-refractivity contribution is 6.04. The van der Waals surface area contributed by atoms with Gasteiger partial charge in [-0.15, -0.1) is 0 Å². The first-order valence-corrected chi connectivity index (χ1v) is 6.32. The third-order valence-corrected chi connectivity index (χ3v) is 2.54. The lowest BCUT2D eigenvalue weighted by molar-refractivity contribution is 0.102. The van der Waals surface area contributed by atoms with E-state index in [2.05, 4.69) is 10.3 Å². The molecule has 1 aromatic heterocycles. The van der Waals surface area contributed by atoms with Crippen LogP contribution in [-0.4, -0.2) is 17.0 Å². The molecule has 0 atom stereocenters. The maximum atomic E-state index is 12.1. The normalized spacial score (nSPS) is 10.3. The van der Waals surface area contributed by atoms with Gasteiger partial charge in [-0.3, -0.25) is 9.59 Å². The summed E-state index contributed by atoms with van der Waals surface area (Å²) < 4.78 is 5.63. The summed E-state index contributed by atoms with van der Waals surface area (Å²) in [7, 11) is 0. The molecule has 2 N–H and O–H groups in total. The van der Waals surface area contributed by atoms with Crippen LogP contribution in [0, 0.1) is 0 Å². The Hall–Kier alpha value is -2.56. The van der Waals surface area contributed by atoms with Gasteiger partial charge in [-0.25, -0.2) is 0 Å². The predicted molar refractivity (Wildman–Crippen MR) is 77.2 cm³/mol. The molecule has 2 rings (SSSR count). The summed E-state index contributed by atoms with van der Waals surface area (Å²) in [6.45, 7) is 3.83.